The lowest BCUT2D eigenvalue weighted by Gasteiger charge is -2.10. The molecule has 0 saturated carbocycles. The molecule has 1 aromatic carbocycles. The van der Waals surface area contributed by atoms with Crippen molar-refractivity contribution in [1.29, 1.82) is 0 Å². The van der Waals surface area contributed by atoms with Gasteiger partial charge < -0.3 is 9.84 Å². The van der Waals surface area contributed by atoms with E-state index in [2.05, 4.69) is 15.3 Å². The highest BCUT2D eigenvalue weighted by atomic mass is 16.5. The van der Waals surface area contributed by atoms with E-state index in [9.17, 15) is 4.79 Å². The molecule has 0 aliphatic carbocycles. The van der Waals surface area contributed by atoms with Crippen LogP contribution in [-0.2, 0) is 6.42 Å². The van der Waals surface area contributed by atoms with E-state index in [1.165, 1.54) is 6.20 Å². The van der Waals surface area contributed by atoms with Crippen molar-refractivity contribution in [2.24, 2.45) is 0 Å². The average Bonchev–Trinajstić information content (AvgIpc) is 2.42. The number of anilines is 1. The summed E-state index contributed by atoms with van der Waals surface area (Å²) in [4.78, 5) is 19.0. The number of ether oxygens (including phenoxy) is 1. The van der Waals surface area contributed by atoms with Crippen molar-refractivity contribution in [3.05, 3.63) is 41.7 Å². The van der Waals surface area contributed by atoms with E-state index in [-0.39, 0.29) is 11.7 Å². The van der Waals surface area contributed by atoms with Crippen molar-refractivity contribution in [1.82, 2.24) is 9.97 Å². The number of nitrogens with zero attached hydrogens (tertiary/aromatic N) is 2. The van der Waals surface area contributed by atoms with E-state index in [0.29, 0.717) is 12.2 Å². The molecule has 0 atom stereocenters. The Labute approximate surface area is 116 Å². The lowest BCUT2D eigenvalue weighted by Crippen LogP contribution is -2.11. The van der Waals surface area contributed by atoms with Crippen LogP contribution in [0.2, 0.25) is 0 Å². The van der Waals surface area contributed by atoms with E-state index < -0.39 is 6.09 Å². The Kier molecular flexibility index (Phi) is 4.14. The summed E-state index contributed by atoms with van der Waals surface area (Å²) in [6, 6.07) is 7.38. The Morgan fingerprint density at radius 2 is 2.05 bits per heavy atom. The summed E-state index contributed by atoms with van der Waals surface area (Å²) < 4.78 is 5.61. The molecular weight excluding hydrogens is 258 g/mol. The van der Waals surface area contributed by atoms with Crippen LogP contribution in [0.3, 0.4) is 0 Å². The van der Waals surface area contributed by atoms with Crippen molar-refractivity contribution < 1.29 is 14.6 Å². The molecular formula is C14H15N3O3. The quantitative estimate of drug-likeness (QED) is 0.893. The highest BCUT2D eigenvalue weighted by molar-refractivity contribution is 5.82. The SMILES string of the molecule is CCc1cnc(NC(=O)O)c(Oc2ccc(C)cc2)n1. The highest BCUT2D eigenvalue weighted by Crippen LogP contribution is 2.26. The number of hydrogen-bond donors (Lipinski definition) is 2. The smallest absolute Gasteiger partial charge is 0.410 e. The Balaban J connectivity index is 2.31. The maximum absolute atomic E-state index is 10.7. The van der Waals surface area contributed by atoms with E-state index in [1.54, 1.807) is 12.1 Å². The molecule has 0 unspecified atom stereocenters. The fraction of sp³-hybridized carbons (Fsp3) is 0.214. The maximum Gasteiger partial charge on any atom is 0.410 e. The topological polar surface area (TPSA) is 84.3 Å². The number of hydrogen-bond acceptors (Lipinski definition) is 4. The third-order valence-electron chi connectivity index (χ3n) is 2.61. The van der Waals surface area contributed by atoms with Crippen molar-refractivity contribution in [2.75, 3.05) is 5.32 Å². The number of amides is 1. The molecule has 2 N–H and O–H groups in total. The summed E-state index contributed by atoms with van der Waals surface area (Å²) >= 11 is 0. The molecule has 104 valence electrons. The van der Waals surface area contributed by atoms with Gasteiger partial charge in [-0.1, -0.05) is 24.6 Å². The number of aromatic nitrogens is 2. The van der Waals surface area contributed by atoms with E-state index in [1.807, 2.05) is 26.0 Å². The molecule has 0 spiro atoms. The lowest BCUT2D eigenvalue weighted by molar-refractivity contribution is 0.209. The van der Waals surface area contributed by atoms with Gasteiger partial charge in [-0.05, 0) is 25.5 Å². The van der Waals surface area contributed by atoms with Crippen LogP contribution in [0.5, 0.6) is 11.6 Å². The molecule has 20 heavy (non-hydrogen) atoms. The third kappa shape index (κ3) is 3.44. The summed E-state index contributed by atoms with van der Waals surface area (Å²) in [6.45, 7) is 3.91. The summed E-state index contributed by atoms with van der Waals surface area (Å²) in [6.07, 6.45) is 0.995. The van der Waals surface area contributed by atoms with Gasteiger partial charge in [-0.25, -0.2) is 14.8 Å². The van der Waals surface area contributed by atoms with Crippen LogP contribution in [0.15, 0.2) is 30.5 Å². The average molecular weight is 273 g/mol. The fourth-order valence-electron chi connectivity index (χ4n) is 1.55. The van der Waals surface area contributed by atoms with Gasteiger partial charge >= 0.3 is 6.09 Å². The Morgan fingerprint density at radius 3 is 2.65 bits per heavy atom. The van der Waals surface area contributed by atoms with Crippen molar-refractivity contribution >= 4 is 11.9 Å². The second-order valence-electron chi connectivity index (χ2n) is 4.21. The molecule has 1 heterocycles. The van der Waals surface area contributed by atoms with Gasteiger partial charge in [-0.3, -0.25) is 5.32 Å². The van der Waals surface area contributed by atoms with Gasteiger partial charge in [0, 0.05) is 0 Å². The first-order valence-corrected chi connectivity index (χ1v) is 6.19. The first-order valence-electron chi connectivity index (χ1n) is 6.19. The van der Waals surface area contributed by atoms with Crippen LogP contribution in [0.4, 0.5) is 10.6 Å². The molecule has 1 aromatic heterocycles. The minimum atomic E-state index is -1.21. The number of aryl methyl sites for hydroxylation is 2. The first kappa shape index (κ1) is 13.8. The number of carbonyl (C=O) groups is 1. The Morgan fingerprint density at radius 1 is 1.35 bits per heavy atom. The largest absolute Gasteiger partial charge is 0.465 e. The summed E-state index contributed by atoms with van der Waals surface area (Å²) in [5.41, 5.74) is 1.83. The van der Waals surface area contributed by atoms with Crippen LogP contribution in [0.25, 0.3) is 0 Å². The predicted octanol–water partition coefficient (Wildman–Crippen LogP) is 3.23. The zero-order valence-electron chi connectivity index (χ0n) is 11.3. The molecule has 6 heteroatoms. The number of carboxylic acid groups (broad SMARTS) is 1. The van der Waals surface area contributed by atoms with Crippen LogP contribution < -0.4 is 10.1 Å². The summed E-state index contributed by atoms with van der Waals surface area (Å²) in [5, 5.41) is 11.0. The third-order valence-corrected chi connectivity index (χ3v) is 2.61. The predicted molar refractivity (Wildman–Crippen MR) is 74.3 cm³/mol. The summed E-state index contributed by atoms with van der Waals surface area (Å²) in [7, 11) is 0. The molecule has 0 aliphatic rings. The molecule has 0 saturated heterocycles. The van der Waals surface area contributed by atoms with Gasteiger partial charge in [0.1, 0.15) is 5.75 Å². The number of benzene rings is 1. The first-order chi connectivity index (χ1) is 9.58. The monoisotopic (exact) mass is 273 g/mol. The minimum absolute atomic E-state index is 0.0790. The van der Waals surface area contributed by atoms with E-state index in [0.717, 1.165) is 11.3 Å². The van der Waals surface area contributed by atoms with Crippen LogP contribution in [-0.4, -0.2) is 21.2 Å². The van der Waals surface area contributed by atoms with Gasteiger partial charge in [0.05, 0.1) is 11.9 Å². The molecule has 0 fully saturated rings. The molecule has 2 aromatic rings. The van der Waals surface area contributed by atoms with Crippen LogP contribution in [0.1, 0.15) is 18.2 Å². The van der Waals surface area contributed by atoms with Crippen molar-refractivity contribution in [3.63, 3.8) is 0 Å². The molecule has 1 amide bonds. The van der Waals surface area contributed by atoms with E-state index >= 15 is 0 Å². The zero-order valence-corrected chi connectivity index (χ0v) is 11.3. The molecule has 2 rings (SSSR count). The van der Waals surface area contributed by atoms with Gasteiger partial charge in [0.15, 0.2) is 5.82 Å². The van der Waals surface area contributed by atoms with Gasteiger partial charge in [0.2, 0.25) is 0 Å². The molecule has 0 radical (unpaired) electrons. The standard InChI is InChI=1S/C14H15N3O3/c1-3-10-8-15-12(17-14(18)19)13(16-10)20-11-6-4-9(2)5-7-11/h4-8H,3H2,1-2H3,(H,15,17)(H,18,19). The minimum Gasteiger partial charge on any atom is -0.465 e. The van der Waals surface area contributed by atoms with Crippen LogP contribution >= 0.6 is 0 Å². The van der Waals surface area contributed by atoms with Crippen molar-refractivity contribution in [3.8, 4) is 11.6 Å². The van der Waals surface area contributed by atoms with E-state index in [4.69, 9.17) is 9.84 Å². The Hall–Kier alpha value is -2.63. The Bertz CT molecular complexity index is 612. The second-order valence-corrected chi connectivity index (χ2v) is 4.21. The maximum atomic E-state index is 10.7. The summed E-state index contributed by atoms with van der Waals surface area (Å²) in [5.74, 6) is 0.803. The van der Waals surface area contributed by atoms with Gasteiger partial charge in [0.25, 0.3) is 5.88 Å². The fourth-order valence-corrected chi connectivity index (χ4v) is 1.55. The van der Waals surface area contributed by atoms with Gasteiger partial charge in [-0.2, -0.15) is 0 Å². The number of nitrogens with one attached hydrogen (secondary N) is 1. The lowest BCUT2D eigenvalue weighted by atomic mass is 10.2. The van der Waals surface area contributed by atoms with Gasteiger partial charge in [-0.15, -0.1) is 0 Å². The normalized spacial score (nSPS) is 10.1. The molecule has 6 nitrogen and oxygen atoms in total. The number of rotatable bonds is 4. The molecule has 0 aliphatic heterocycles. The molecule has 0 bridgehead atoms. The van der Waals surface area contributed by atoms with Crippen LogP contribution in [0, 0.1) is 6.92 Å². The zero-order chi connectivity index (χ0) is 14.5. The highest BCUT2D eigenvalue weighted by Gasteiger charge is 2.12. The van der Waals surface area contributed by atoms with Crippen molar-refractivity contribution in [2.45, 2.75) is 20.3 Å². The second kappa shape index (κ2) is 6.01.